The van der Waals surface area contributed by atoms with Crippen LogP contribution in [0.15, 0.2) is 33.7 Å². The van der Waals surface area contributed by atoms with E-state index >= 15 is 0 Å². The minimum atomic E-state index is -0.492. The number of hydrogen-bond donors (Lipinski definition) is 0. The summed E-state index contributed by atoms with van der Waals surface area (Å²) >= 11 is 5.27. The van der Waals surface area contributed by atoms with E-state index in [0.717, 1.165) is 0 Å². The van der Waals surface area contributed by atoms with E-state index in [-0.39, 0.29) is 5.43 Å². The van der Waals surface area contributed by atoms with Gasteiger partial charge in [0.25, 0.3) is 0 Å². The summed E-state index contributed by atoms with van der Waals surface area (Å²) < 4.78 is 5.67. The molecule has 74 valence electrons. The molecule has 0 saturated heterocycles. The Kier molecular flexibility index (Phi) is 2.79. The molecule has 2 rings (SSSR count). The van der Waals surface area contributed by atoms with Crippen molar-refractivity contribution in [1.82, 2.24) is 0 Å². The van der Waals surface area contributed by atoms with Crippen molar-refractivity contribution >= 4 is 42.0 Å². The van der Waals surface area contributed by atoms with Crippen molar-refractivity contribution < 1.29 is 4.42 Å². The fraction of sp³-hybridized carbons (Fsp3) is 0. The van der Waals surface area contributed by atoms with E-state index < -0.39 is 15.0 Å². The number of benzene rings is 1. The first-order valence-electron chi connectivity index (χ1n) is 3.99. The molecule has 0 spiro atoms. The van der Waals surface area contributed by atoms with Crippen LogP contribution in [0.2, 0.25) is 5.02 Å². The number of hydrogen-bond acceptors (Lipinski definition) is 3. The molecule has 0 unspecified atom stereocenters. The third kappa shape index (κ3) is 1.91. The summed E-state index contributed by atoms with van der Waals surface area (Å²) in [7, 11) is 0. The molecule has 1 aromatic heterocycles. The Morgan fingerprint density at radius 1 is 1.47 bits per heavy atom. The summed E-state index contributed by atoms with van der Waals surface area (Å²) in [6, 6.07) is 4.83. The second-order valence-corrected chi connectivity index (χ2v) is 4.93. The molecule has 0 N–H and O–H groups in total. The van der Waals surface area contributed by atoms with Gasteiger partial charge in [0.05, 0.1) is 0 Å². The number of nitriles is 1. The van der Waals surface area contributed by atoms with Crippen LogP contribution in [0.1, 0.15) is 0 Å². The summed E-state index contributed by atoms with van der Waals surface area (Å²) in [6.07, 6.45) is 1.34. The molecule has 0 aliphatic heterocycles. The molecule has 1 heterocycles. The van der Waals surface area contributed by atoms with Crippen LogP contribution in [-0.2, 0) is 0 Å². The Hall–Kier alpha value is -1.27. The van der Waals surface area contributed by atoms with Crippen molar-refractivity contribution in [2.45, 2.75) is 0 Å². The number of nitrogens with zero attached hydrogens (tertiary/aromatic N) is 1. The van der Waals surface area contributed by atoms with Crippen molar-refractivity contribution in [1.29, 1.82) is 5.26 Å². The second-order valence-electron chi connectivity index (χ2n) is 2.76. The first-order chi connectivity index (χ1) is 7.22. The predicted octanol–water partition coefficient (Wildman–Crippen LogP) is 1.26. The average Bonchev–Trinajstić information content (AvgIpc) is 2.22. The number of rotatable bonds is 1. The first-order valence-corrected chi connectivity index (χ1v) is 6.08. The van der Waals surface area contributed by atoms with Gasteiger partial charge in [-0.2, -0.15) is 0 Å². The van der Waals surface area contributed by atoms with Crippen LogP contribution in [0.25, 0.3) is 11.0 Å². The van der Waals surface area contributed by atoms with Gasteiger partial charge in [0.2, 0.25) is 0 Å². The van der Waals surface area contributed by atoms with Crippen molar-refractivity contribution in [3.05, 3.63) is 39.7 Å². The van der Waals surface area contributed by atoms with Crippen LogP contribution >= 0.6 is 11.6 Å². The summed E-state index contributed by atoms with van der Waals surface area (Å²) in [5.74, 6) is 0. The van der Waals surface area contributed by atoms with Crippen LogP contribution in [0.4, 0.5) is 0 Å². The number of fused-ring (bicyclic) bond motifs is 1. The maximum atomic E-state index is 11.8. The summed E-state index contributed by atoms with van der Waals surface area (Å²) in [5.41, 5.74) is 0.305. The van der Waals surface area contributed by atoms with E-state index in [2.05, 4.69) is 0 Å². The van der Waals surface area contributed by atoms with Crippen molar-refractivity contribution in [2.24, 2.45) is 0 Å². The van der Waals surface area contributed by atoms with Gasteiger partial charge in [0.15, 0.2) is 0 Å². The van der Waals surface area contributed by atoms with Gasteiger partial charge < -0.3 is 0 Å². The summed E-state index contributed by atoms with van der Waals surface area (Å²) in [4.78, 5) is 13.8. The Bertz CT molecular complexity index is 615. The molecule has 5 heteroatoms. The molecular weight excluding hydrogens is 281 g/mol. The third-order valence-electron chi connectivity index (χ3n) is 1.86. The molecule has 0 fully saturated rings. The molecule has 0 bridgehead atoms. The fourth-order valence-corrected chi connectivity index (χ4v) is 2.20. The maximum absolute atomic E-state index is 11.8. The molecular formula is C10H4ClNO2Se. The van der Waals surface area contributed by atoms with Gasteiger partial charge in [-0.3, -0.25) is 0 Å². The van der Waals surface area contributed by atoms with Gasteiger partial charge in [-0.15, -0.1) is 0 Å². The normalized spacial score (nSPS) is 10.1. The Balaban J connectivity index is 2.76. The Labute approximate surface area is 96.4 Å². The Morgan fingerprint density at radius 3 is 3.00 bits per heavy atom. The zero-order valence-corrected chi connectivity index (χ0v) is 9.83. The molecule has 15 heavy (non-hydrogen) atoms. The second kappa shape index (κ2) is 4.08. The molecule has 0 radical (unpaired) electrons. The van der Waals surface area contributed by atoms with Gasteiger partial charge in [-0.05, 0) is 0 Å². The van der Waals surface area contributed by atoms with Crippen LogP contribution < -0.4 is 9.89 Å². The molecule has 0 aliphatic rings. The van der Waals surface area contributed by atoms with E-state index in [0.29, 0.717) is 20.5 Å². The standard InChI is InChI=1S/C10H4ClNO2Se/c11-6-1-2-7-8(3-6)14-4-9(10(7)13)15-5-12/h1-4H. The topological polar surface area (TPSA) is 54.0 Å². The van der Waals surface area contributed by atoms with Crippen LogP contribution in [0, 0.1) is 10.2 Å². The van der Waals surface area contributed by atoms with E-state index in [1.165, 1.54) is 6.26 Å². The molecule has 3 nitrogen and oxygen atoms in total. The minimum absolute atomic E-state index is 0.144. The van der Waals surface area contributed by atoms with E-state index in [1.54, 1.807) is 18.2 Å². The van der Waals surface area contributed by atoms with Crippen LogP contribution in [-0.4, -0.2) is 15.0 Å². The molecule has 0 amide bonds. The molecule has 2 aromatic rings. The SMILES string of the molecule is N#C[Se]c1coc2cc(Cl)ccc2c1=O. The monoisotopic (exact) mass is 285 g/mol. The average molecular weight is 285 g/mol. The van der Waals surface area contributed by atoms with Gasteiger partial charge in [0, 0.05) is 0 Å². The van der Waals surface area contributed by atoms with Gasteiger partial charge >= 0.3 is 96.3 Å². The third-order valence-corrected chi connectivity index (χ3v) is 3.34. The zero-order chi connectivity index (χ0) is 10.8. The zero-order valence-electron chi connectivity index (χ0n) is 7.36. The molecule has 0 saturated carbocycles. The van der Waals surface area contributed by atoms with Gasteiger partial charge in [-0.1, -0.05) is 0 Å². The van der Waals surface area contributed by atoms with Crippen molar-refractivity contribution in [3.8, 4) is 4.97 Å². The fourth-order valence-electron chi connectivity index (χ4n) is 1.20. The molecule has 0 atom stereocenters. The van der Waals surface area contributed by atoms with E-state index in [4.69, 9.17) is 21.3 Å². The van der Waals surface area contributed by atoms with Crippen molar-refractivity contribution in [3.63, 3.8) is 0 Å². The summed E-state index contributed by atoms with van der Waals surface area (Å²) in [6.45, 7) is 0. The van der Waals surface area contributed by atoms with Crippen LogP contribution in [0.3, 0.4) is 0 Å². The predicted molar refractivity (Wildman–Crippen MR) is 58.5 cm³/mol. The molecule has 0 aliphatic carbocycles. The van der Waals surface area contributed by atoms with E-state index in [1.807, 2.05) is 4.97 Å². The van der Waals surface area contributed by atoms with Crippen LogP contribution in [0.5, 0.6) is 0 Å². The Morgan fingerprint density at radius 2 is 2.27 bits per heavy atom. The molecule has 1 aromatic carbocycles. The van der Waals surface area contributed by atoms with Crippen molar-refractivity contribution in [2.75, 3.05) is 0 Å². The number of halogens is 1. The van der Waals surface area contributed by atoms with Gasteiger partial charge in [0.1, 0.15) is 0 Å². The van der Waals surface area contributed by atoms with E-state index in [9.17, 15) is 4.79 Å². The first kappa shape index (κ1) is 10.3. The van der Waals surface area contributed by atoms with Gasteiger partial charge in [-0.25, -0.2) is 0 Å². The quantitative estimate of drug-likeness (QED) is 0.741. The summed E-state index contributed by atoms with van der Waals surface area (Å²) in [5, 5.41) is 9.52.